The van der Waals surface area contributed by atoms with Crippen LogP contribution in [0.4, 0.5) is 18.9 Å². The quantitative estimate of drug-likeness (QED) is 0.436. The largest absolute Gasteiger partial charge is 0.433 e. The highest BCUT2D eigenvalue weighted by atomic mass is 35.5. The Labute approximate surface area is 196 Å². The van der Waals surface area contributed by atoms with Crippen LogP contribution in [0.3, 0.4) is 0 Å². The lowest BCUT2D eigenvalue weighted by molar-refractivity contribution is -0.140. The molecule has 1 aliphatic heterocycles. The molecule has 13 heteroatoms. The fourth-order valence-corrected chi connectivity index (χ4v) is 4.66. The van der Waals surface area contributed by atoms with Crippen LogP contribution in [0.1, 0.15) is 26.7 Å². The fourth-order valence-electron chi connectivity index (χ4n) is 4.39. The highest BCUT2D eigenvalue weighted by Gasteiger charge is 2.53. The summed E-state index contributed by atoms with van der Waals surface area (Å²) >= 11 is 6.28. The predicted octanol–water partition coefficient (Wildman–Crippen LogP) is 2.68. The van der Waals surface area contributed by atoms with Crippen LogP contribution in [0.5, 0.6) is 0 Å². The van der Waals surface area contributed by atoms with Crippen molar-refractivity contribution < 1.29 is 22.8 Å². The van der Waals surface area contributed by atoms with Crippen LogP contribution in [0.2, 0.25) is 5.02 Å². The number of nitrogens with zero attached hydrogens (tertiary/aromatic N) is 3. The number of aromatic amines is 1. The zero-order chi connectivity index (χ0) is 24.2. The van der Waals surface area contributed by atoms with Gasteiger partial charge in [-0.1, -0.05) is 11.6 Å². The summed E-state index contributed by atoms with van der Waals surface area (Å²) < 4.78 is 40.8. The van der Waals surface area contributed by atoms with E-state index in [1.165, 1.54) is 29.8 Å². The van der Waals surface area contributed by atoms with Crippen molar-refractivity contribution in [3.63, 3.8) is 0 Å². The molecule has 2 aromatic heterocycles. The van der Waals surface area contributed by atoms with Crippen LogP contribution >= 0.6 is 11.6 Å². The Balaban J connectivity index is 1.29. The summed E-state index contributed by atoms with van der Waals surface area (Å²) in [4.78, 5) is 29.2. The van der Waals surface area contributed by atoms with E-state index in [0.29, 0.717) is 17.5 Å². The minimum atomic E-state index is -4.64. The predicted molar refractivity (Wildman–Crippen MR) is 116 cm³/mol. The van der Waals surface area contributed by atoms with Gasteiger partial charge < -0.3 is 20.5 Å². The number of alkyl halides is 3. The molecule has 34 heavy (non-hydrogen) atoms. The Morgan fingerprint density at radius 1 is 1.18 bits per heavy atom. The number of imidazole rings is 1. The first-order valence-corrected chi connectivity index (χ1v) is 10.8. The summed E-state index contributed by atoms with van der Waals surface area (Å²) in [6.07, 6.45) is -2.45. The summed E-state index contributed by atoms with van der Waals surface area (Å²) in [5.74, 6) is -0.137. The van der Waals surface area contributed by atoms with Gasteiger partial charge in [0.1, 0.15) is 5.69 Å². The number of anilines is 1. The number of rotatable bonds is 5. The Kier molecular flexibility index (Phi) is 5.36. The summed E-state index contributed by atoms with van der Waals surface area (Å²) in [5.41, 5.74) is -0.597. The molecule has 1 aromatic carbocycles. The first-order valence-electron chi connectivity index (χ1n) is 10.4. The van der Waals surface area contributed by atoms with Gasteiger partial charge in [-0.3, -0.25) is 14.7 Å². The van der Waals surface area contributed by atoms with Crippen LogP contribution in [-0.2, 0) is 13.2 Å². The van der Waals surface area contributed by atoms with E-state index in [1.54, 1.807) is 0 Å². The van der Waals surface area contributed by atoms with Crippen molar-refractivity contribution in [1.29, 1.82) is 0 Å². The lowest BCUT2D eigenvalue weighted by atomic mass is 10.2. The molecule has 1 unspecified atom stereocenters. The van der Waals surface area contributed by atoms with Gasteiger partial charge in [0.2, 0.25) is 0 Å². The number of halogens is 4. The van der Waals surface area contributed by atoms with Crippen LogP contribution in [-0.4, -0.2) is 50.7 Å². The van der Waals surface area contributed by atoms with Gasteiger partial charge in [0, 0.05) is 31.9 Å². The molecule has 3 aromatic rings. The summed E-state index contributed by atoms with van der Waals surface area (Å²) in [7, 11) is 1.42. The Hall–Kier alpha value is -3.38. The molecule has 1 aliphatic carbocycles. The lowest BCUT2D eigenvalue weighted by Crippen LogP contribution is -2.32. The van der Waals surface area contributed by atoms with Gasteiger partial charge in [-0.15, -0.1) is 0 Å². The molecule has 0 spiro atoms. The molecule has 2 aliphatic rings. The van der Waals surface area contributed by atoms with Crippen molar-refractivity contribution in [1.82, 2.24) is 30.4 Å². The van der Waals surface area contributed by atoms with E-state index in [1.807, 2.05) is 5.10 Å². The molecular weight excluding hydrogens is 475 g/mol. The highest BCUT2D eigenvalue weighted by Crippen LogP contribution is 2.42. The zero-order valence-corrected chi connectivity index (χ0v) is 18.5. The van der Waals surface area contributed by atoms with Crippen molar-refractivity contribution in [3.8, 4) is 11.3 Å². The number of carbonyl (C=O) groups excluding carboxylic acids is 2. The summed E-state index contributed by atoms with van der Waals surface area (Å²) in [6, 6.07) is 4.62. The number of fused-ring (bicyclic) bond motifs is 1. The maximum absolute atomic E-state index is 13.2. The van der Waals surface area contributed by atoms with Gasteiger partial charge in [-0.25, -0.2) is 4.98 Å². The third-order valence-corrected chi connectivity index (χ3v) is 6.56. The van der Waals surface area contributed by atoms with Crippen molar-refractivity contribution in [3.05, 3.63) is 52.7 Å². The molecule has 178 valence electrons. The molecule has 3 atom stereocenters. The minimum absolute atomic E-state index is 0.0660. The third kappa shape index (κ3) is 3.92. The second kappa shape index (κ2) is 8.13. The smallest absolute Gasteiger partial charge is 0.349 e. The number of nitrogens with one attached hydrogen (secondary N) is 4. The molecule has 0 radical (unpaired) electrons. The van der Waals surface area contributed by atoms with E-state index in [9.17, 15) is 22.8 Å². The van der Waals surface area contributed by atoms with E-state index in [-0.39, 0.29) is 39.6 Å². The first kappa shape index (κ1) is 22.4. The number of carbonyl (C=O) groups is 2. The lowest BCUT2D eigenvalue weighted by Gasteiger charge is -2.11. The van der Waals surface area contributed by atoms with Gasteiger partial charge in [-0.2, -0.15) is 18.3 Å². The maximum atomic E-state index is 13.2. The molecule has 1 saturated heterocycles. The van der Waals surface area contributed by atoms with Crippen molar-refractivity contribution in [2.45, 2.75) is 12.2 Å². The van der Waals surface area contributed by atoms with Gasteiger partial charge in [-0.05, 0) is 30.0 Å². The second-order valence-corrected chi connectivity index (χ2v) is 8.72. The summed E-state index contributed by atoms with van der Waals surface area (Å²) in [6.45, 7) is 1.78. The van der Waals surface area contributed by atoms with E-state index in [4.69, 9.17) is 11.6 Å². The Bertz CT molecular complexity index is 1280. The van der Waals surface area contributed by atoms with Crippen LogP contribution in [0.25, 0.3) is 11.3 Å². The molecule has 0 bridgehead atoms. The highest BCUT2D eigenvalue weighted by molar-refractivity contribution is 6.34. The molecule has 2 amide bonds. The molecule has 2 fully saturated rings. The fraction of sp³-hybridized carbons (Fsp3) is 0.333. The first-order chi connectivity index (χ1) is 16.1. The van der Waals surface area contributed by atoms with Gasteiger partial charge in [0.25, 0.3) is 11.8 Å². The van der Waals surface area contributed by atoms with E-state index < -0.39 is 17.8 Å². The SMILES string of the molecule is Cn1c(-c2cn[nH]c2C(F)(F)F)cnc1C(=O)Nc1ccc(C(=O)NC2[C@H]3CNC[C@@H]23)c(Cl)c1. The number of benzene rings is 1. The molecular formula is C21H19ClF3N7O2. The van der Waals surface area contributed by atoms with Crippen molar-refractivity contribution in [2.24, 2.45) is 18.9 Å². The maximum Gasteiger partial charge on any atom is 0.433 e. The third-order valence-electron chi connectivity index (χ3n) is 6.25. The van der Waals surface area contributed by atoms with E-state index >= 15 is 0 Å². The number of aromatic nitrogens is 4. The second-order valence-electron chi connectivity index (χ2n) is 8.32. The van der Waals surface area contributed by atoms with Crippen molar-refractivity contribution in [2.75, 3.05) is 18.4 Å². The Morgan fingerprint density at radius 2 is 1.91 bits per heavy atom. The monoisotopic (exact) mass is 493 g/mol. The molecule has 4 N–H and O–H groups in total. The van der Waals surface area contributed by atoms with Crippen molar-refractivity contribution >= 4 is 29.1 Å². The number of hydrogen-bond donors (Lipinski definition) is 4. The van der Waals surface area contributed by atoms with E-state index in [2.05, 4.69) is 26.0 Å². The van der Waals surface area contributed by atoms with Crippen LogP contribution < -0.4 is 16.0 Å². The zero-order valence-electron chi connectivity index (χ0n) is 17.7. The van der Waals surface area contributed by atoms with Gasteiger partial charge >= 0.3 is 6.18 Å². The normalized spacial score (nSPS) is 21.3. The van der Waals surface area contributed by atoms with Gasteiger partial charge in [0.15, 0.2) is 5.82 Å². The average Bonchev–Trinajstić information content (AvgIpc) is 3.26. The standard InChI is InChI=1S/C21H19ClF3N7O2/c1-32-15(13-7-28-31-17(13)21(23,24)25)8-27-18(32)20(34)29-9-2-3-10(14(22)4-9)19(33)30-16-11-5-26-6-12(11)16/h2-4,7-8,11-12,16,26H,5-6H2,1H3,(H,28,31)(H,29,34)(H,30,33)/t11-,12+,16?. The molecule has 9 nitrogen and oxygen atoms in total. The number of H-pyrrole nitrogens is 1. The molecule has 1 saturated carbocycles. The number of piperidine rings is 1. The van der Waals surface area contributed by atoms with Gasteiger partial charge in [0.05, 0.1) is 34.2 Å². The summed E-state index contributed by atoms with van der Waals surface area (Å²) in [5, 5.41) is 14.4. The van der Waals surface area contributed by atoms with E-state index in [0.717, 1.165) is 25.5 Å². The average molecular weight is 494 g/mol. The Morgan fingerprint density at radius 3 is 2.59 bits per heavy atom. The molecule has 5 rings (SSSR count). The topological polar surface area (TPSA) is 117 Å². The van der Waals surface area contributed by atoms with Crippen LogP contribution in [0, 0.1) is 11.8 Å². The number of amides is 2. The molecule has 3 heterocycles. The minimum Gasteiger partial charge on any atom is -0.349 e. The van der Waals surface area contributed by atoms with Crippen LogP contribution in [0.15, 0.2) is 30.6 Å². The number of hydrogen-bond acceptors (Lipinski definition) is 5.